The van der Waals surface area contributed by atoms with Gasteiger partial charge in [-0.25, -0.2) is 14.4 Å². The number of hydrogen-bond acceptors (Lipinski definition) is 7. The standard InChI is InChI=1S/C15H15N3O7/c1-2-24-14(20)10-7-16-15(21)17-11(10)8-25-13(19)9-5-3-4-6-12(9)18(22)23/h3-6H,2,7-8H2,1H3,(H2,16,17,21). The van der Waals surface area contributed by atoms with Crippen LogP contribution in [0.5, 0.6) is 0 Å². The number of benzene rings is 1. The molecule has 2 N–H and O–H groups in total. The highest BCUT2D eigenvalue weighted by atomic mass is 16.6. The van der Waals surface area contributed by atoms with Gasteiger partial charge in [-0.2, -0.15) is 0 Å². The molecule has 0 unspecified atom stereocenters. The lowest BCUT2D eigenvalue weighted by molar-refractivity contribution is -0.385. The minimum absolute atomic E-state index is 0.0640. The van der Waals surface area contributed by atoms with Gasteiger partial charge < -0.3 is 20.1 Å². The Balaban J connectivity index is 2.17. The molecule has 2 rings (SSSR count). The number of esters is 2. The third-order valence-electron chi connectivity index (χ3n) is 3.24. The predicted octanol–water partition coefficient (Wildman–Crippen LogP) is 0.882. The molecule has 0 bridgehead atoms. The Hall–Kier alpha value is -3.43. The first-order chi connectivity index (χ1) is 11.9. The molecule has 1 aliphatic rings. The Morgan fingerprint density at radius 1 is 1.24 bits per heavy atom. The molecule has 1 aromatic carbocycles. The molecule has 25 heavy (non-hydrogen) atoms. The van der Waals surface area contributed by atoms with E-state index < -0.39 is 35.2 Å². The zero-order valence-corrected chi connectivity index (χ0v) is 13.2. The number of hydrogen-bond donors (Lipinski definition) is 2. The SMILES string of the molecule is CCOC(=O)C1=C(COC(=O)c2ccccc2[N+](=O)[O-])NC(=O)NC1. The molecule has 0 saturated carbocycles. The van der Waals surface area contributed by atoms with Crippen molar-refractivity contribution in [2.24, 2.45) is 0 Å². The van der Waals surface area contributed by atoms with Crippen molar-refractivity contribution in [1.29, 1.82) is 0 Å². The molecule has 10 heteroatoms. The van der Waals surface area contributed by atoms with Crippen LogP contribution < -0.4 is 10.6 Å². The van der Waals surface area contributed by atoms with Crippen LogP contribution in [0.1, 0.15) is 17.3 Å². The smallest absolute Gasteiger partial charge is 0.345 e. The highest BCUT2D eigenvalue weighted by Gasteiger charge is 2.26. The maximum atomic E-state index is 12.1. The van der Waals surface area contributed by atoms with Gasteiger partial charge in [0.15, 0.2) is 0 Å². The van der Waals surface area contributed by atoms with E-state index in [4.69, 9.17) is 9.47 Å². The van der Waals surface area contributed by atoms with Gasteiger partial charge >= 0.3 is 18.0 Å². The molecule has 0 fully saturated rings. The number of urea groups is 1. The van der Waals surface area contributed by atoms with Crippen molar-refractivity contribution >= 4 is 23.7 Å². The summed E-state index contributed by atoms with van der Waals surface area (Å²) in [4.78, 5) is 45.6. The molecular weight excluding hydrogens is 334 g/mol. The number of nitro groups is 1. The third kappa shape index (κ3) is 4.31. The summed E-state index contributed by atoms with van der Waals surface area (Å²) in [5.74, 6) is -1.61. The van der Waals surface area contributed by atoms with Crippen molar-refractivity contribution in [1.82, 2.24) is 10.6 Å². The van der Waals surface area contributed by atoms with Gasteiger partial charge in [-0.15, -0.1) is 0 Å². The van der Waals surface area contributed by atoms with Crippen LogP contribution in [0, 0.1) is 10.1 Å². The van der Waals surface area contributed by atoms with E-state index in [1.54, 1.807) is 6.92 Å². The van der Waals surface area contributed by atoms with Crippen LogP contribution in [0.3, 0.4) is 0 Å². The first kappa shape index (κ1) is 17.9. The second kappa shape index (κ2) is 7.90. The van der Waals surface area contributed by atoms with E-state index in [9.17, 15) is 24.5 Å². The minimum Gasteiger partial charge on any atom is -0.463 e. The predicted molar refractivity (Wildman–Crippen MR) is 83.6 cm³/mol. The topological polar surface area (TPSA) is 137 Å². The van der Waals surface area contributed by atoms with Crippen molar-refractivity contribution < 1.29 is 28.8 Å². The molecule has 0 atom stereocenters. The summed E-state index contributed by atoms with van der Waals surface area (Å²) in [6.07, 6.45) is 0. The molecule has 1 heterocycles. The fourth-order valence-corrected chi connectivity index (χ4v) is 2.09. The Morgan fingerprint density at radius 2 is 1.96 bits per heavy atom. The van der Waals surface area contributed by atoms with E-state index in [0.717, 1.165) is 0 Å². The molecule has 1 aromatic rings. The Kier molecular flexibility index (Phi) is 5.66. The zero-order chi connectivity index (χ0) is 18.4. The minimum atomic E-state index is -0.948. The van der Waals surface area contributed by atoms with Crippen LogP contribution in [0.4, 0.5) is 10.5 Å². The van der Waals surface area contributed by atoms with Gasteiger partial charge in [-0.3, -0.25) is 10.1 Å². The molecule has 0 saturated heterocycles. The summed E-state index contributed by atoms with van der Waals surface area (Å²) in [7, 11) is 0. The van der Waals surface area contributed by atoms with E-state index in [2.05, 4.69) is 10.6 Å². The lowest BCUT2D eigenvalue weighted by Crippen LogP contribution is -2.45. The van der Waals surface area contributed by atoms with Crippen molar-refractivity contribution in [3.63, 3.8) is 0 Å². The van der Waals surface area contributed by atoms with Crippen LogP contribution >= 0.6 is 0 Å². The molecule has 2 amide bonds. The van der Waals surface area contributed by atoms with Gasteiger partial charge in [0.2, 0.25) is 0 Å². The quantitative estimate of drug-likeness (QED) is 0.442. The number of carbonyl (C=O) groups is 3. The molecule has 0 aromatic heterocycles. The largest absolute Gasteiger partial charge is 0.463 e. The maximum absolute atomic E-state index is 12.1. The second-order valence-corrected chi connectivity index (χ2v) is 4.84. The second-order valence-electron chi connectivity index (χ2n) is 4.84. The lowest BCUT2D eigenvalue weighted by atomic mass is 10.1. The highest BCUT2D eigenvalue weighted by Crippen LogP contribution is 2.19. The van der Waals surface area contributed by atoms with Gasteiger partial charge in [-0.1, -0.05) is 12.1 Å². The first-order valence-electron chi connectivity index (χ1n) is 7.28. The van der Waals surface area contributed by atoms with Crippen LogP contribution in [-0.4, -0.2) is 42.7 Å². The van der Waals surface area contributed by atoms with Crippen LogP contribution in [-0.2, 0) is 14.3 Å². The number of nitrogens with one attached hydrogen (secondary N) is 2. The average Bonchev–Trinajstić information content (AvgIpc) is 2.59. The summed E-state index contributed by atoms with van der Waals surface area (Å²) < 4.78 is 9.88. The van der Waals surface area contributed by atoms with E-state index in [1.165, 1.54) is 24.3 Å². The normalized spacial score (nSPS) is 13.6. The number of ether oxygens (including phenoxy) is 2. The molecule has 0 spiro atoms. The average molecular weight is 349 g/mol. The molecule has 0 radical (unpaired) electrons. The number of nitro benzene ring substituents is 1. The Bertz CT molecular complexity index is 757. The fraction of sp³-hybridized carbons (Fsp3) is 0.267. The summed E-state index contributed by atoms with van der Waals surface area (Å²) in [5, 5.41) is 15.7. The van der Waals surface area contributed by atoms with Crippen molar-refractivity contribution in [3.05, 3.63) is 51.2 Å². The summed E-state index contributed by atoms with van der Waals surface area (Å²) >= 11 is 0. The number of nitrogens with zero attached hydrogens (tertiary/aromatic N) is 1. The van der Waals surface area contributed by atoms with Crippen molar-refractivity contribution in [2.45, 2.75) is 6.92 Å². The molecular formula is C15H15N3O7. The zero-order valence-electron chi connectivity index (χ0n) is 13.2. The van der Waals surface area contributed by atoms with Gasteiger partial charge in [0.05, 0.1) is 29.3 Å². The van der Waals surface area contributed by atoms with Gasteiger partial charge in [0.1, 0.15) is 12.2 Å². The number of carbonyl (C=O) groups excluding carboxylic acids is 3. The summed E-state index contributed by atoms with van der Waals surface area (Å²) in [6.45, 7) is 1.25. The van der Waals surface area contributed by atoms with E-state index in [-0.39, 0.29) is 30.0 Å². The first-order valence-corrected chi connectivity index (χ1v) is 7.28. The van der Waals surface area contributed by atoms with Crippen LogP contribution in [0.15, 0.2) is 35.5 Å². The monoisotopic (exact) mass is 349 g/mol. The van der Waals surface area contributed by atoms with E-state index >= 15 is 0 Å². The van der Waals surface area contributed by atoms with Gasteiger partial charge in [0, 0.05) is 6.07 Å². The van der Waals surface area contributed by atoms with Crippen molar-refractivity contribution in [3.8, 4) is 0 Å². The summed E-state index contributed by atoms with van der Waals surface area (Å²) in [6, 6.07) is 4.74. The maximum Gasteiger partial charge on any atom is 0.345 e. The van der Waals surface area contributed by atoms with E-state index in [1.807, 2.05) is 0 Å². The molecule has 132 valence electrons. The highest BCUT2D eigenvalue weighted by molar-refractivity contribution is 5.95. The summed E-state index contributed by atoms with van der Waals surface area (Å²) in [5.41, 5.74) is -0.460. The number of rotatable bonds is 6. The number of amides is 2. The molecule has 1 aliphatic heterocycles. The Labute approximate surface area is 141 Å². The van der Waals surface area contributed by atoms with E-state index in [0.29, 0.717) is 0 Å². The van der Waals surface area contributed by atoms with Crippen LogP contribution in [0.2, 0.25) is 0 Å². The number of para-hydroxylation sites is 1. The fourth-order valence-electron chi connectivity index (χ4n) is 2.09. The molecule has 10 nitrogen and oxygen atoms in total. The van der Waals surface area contributed by atoms with Crippen molar-refractivity contribution in [2.75, 3.05) is 19.8 Å². The molecule has 0 aliphatic carbocycles. The van der Waals surface area contributed by atoms with Gasteiger partial charge in [-0.05, 0) is 13.0 Å². The van der Waals surface area contributed by atoms with Crippen LogP contribution in [0.25, 0.3) is 0 Å². The third-order valence-corrected chi connectivity index (χ3v) is 3.24. The van der Waals surface area contributed by atoms with Gasteiger partial charge in [0.25, 0.3) is 5.69 Å². The Morgan fingerprint density at radius 3 is 2.64 bits per heavy atom. The lowest BCUT2D eigenvalue weighted by Gasteiger charge is -2.21.